The van der Waals surface area contributed by atoms with Crippen LogP contribution >= 0.6 is 11.3 Å². The number of ether oxygens (including phenoxy) is 1. The number of amides is 1. The number of hydrogen-bond acceptors (Lipinski definition) is 7. The molecule has 0 aliphatic carbocycles. The molecule has 0 aliphatic rings. The lowest BCUT2D eigenvalue weighted by Crippen LogP contribution is -2.34. The highest BCUT2D eigenvalue weighted by Crippen LogP contribution is 2.34. The lowest BCUT2D eigenvalue weighted by atomic mass is 10.0. The Morgan fingerprint density at radius 3 is 2.40 bits per heavy atom. The molecule has 3 aromatic rings. The van der Waals surface area contributed by atoms with Crippen LogP contribution in [-0.2, 0) is 16.4 Å². The van der Waals surface area contributed by atoms with Gasteiger partial charge in [-0.3, -0.25) is 10.0 Å². The number of methoxy groups -OCH3 is 1. The number of hydrogen-bond donors (Lipinski definition) is 2. The lowest BCUT2D eigenvalue weighted by Gasteiger charge is -2.16. The number of carbonyl (C=O) groups excluding carboxylic acids is 1. The summed E-state index contributed by atoms with van der Waals surface area (Å²) in [4.78, 5) is 13.1. The molecule has 0 bridgehead atoms. The van der Waals surface area contributed by atoms with E-state index in [2.05, 4.69) is 5.92 Å². The molecule has 0 aliphatic heterocycles. The molecule has 0 radical (unpaired) electrons. The van der Waals surface area contributed by atoms with Crippen LogP contribution in [0.15, 0.2) is 59.5 Å². The van der Waals surface area contributed by atoms with Crippen molar-refractivity contribution in [3.63, 3.8) is 0 Å². The van der Waals surface area contributed by atoms with Crippen LogP contribution in [0, 0.1) is 12.3 Å². The van der Waals surface area contributed by atoms with Crippen LogP contribution in [0.1, 0.15) is 26.4 Å². The van der Waals surface area contributed by atoms with E-state index < -0.39 is 15.9 Å². The van der Waals surface area contributed by atoms with Gasteiger partial charge in [-0.1, -0.05) is 36.3 Å². The third kappa shape index (κ3) is 4.02. The fourth-order valence-corrected chi connectivity index (χ4v) is 4.74. The van der Waals surface area contributed by atoms with Gasteiger partial charge in [-0.15, -0.1) is 22.2 Å². The first-order valence-corrected chi connectivity index (χ1v) is 10.9. The summed E-state index contributed by atoms with van der Waals surface area (Å²) in [5.74, 6) is 1.73. The number of nitrogens with zero attached hydrogens (tertiary/aromatic N) is 1. The molecule has 2 aromatic carbocycles. The number of hydroxylamine groups is 1. The van der Waals surface area contributed by atoms with Crippen LogP contribution in [0.2, 0.25) is 0 Å². The Kier molecular flexibility index (Phi) is 6.12. The van der Waals surface area contributed by atoms with Crippen LogP contribution < -0.4 is 10.5 Å². The number of benzene rings is 2. The van der Waals surface area contributed by atoms with Crippen molar-refractivity contribution in [2.45, 2.75) is 11.3 Å². The Morgan fingerprint density at radius 2 is 1.83 bits per heavy atom. The molecule has 0 saturated carbocycles. The summed E-state index contributed by atoms with van der Waals surface area (Å²) in [7, 11) is -3.10. The third-order valence-corrected chi connectivity index (χ3v) is 6.84. The van der Waals surface area contributed by atoms with E-state index in [9.17, 15) is 18.4 Å². The molecule has 0 saturated heterocycles. The zero-order valence-electron chi connectivity index (χ0n) is 15.9. The molecule has 3 rings (SSSR count). The van der Waals surface area contributed by atoms with Crippen LogP contribution in [-0.4, -0.2) is 31.1 Å². The summed E-state index contributed by atoms with van der Waals surface area (Å²) in [6, 6.07) is 14.4. The third-order valence-electron chi connectivity index (χ3n) is 4.36. The predicted molar refractivity (Wildman–Crippen MR) is 114 cm³/mol. The second-order valence-electron chi connectivity index (χ2n) is 6.18. The number of thiophene rings is 1. The molecule has 0 fully saturated rings. The summed E-state index contributed by atoms with van der Waals surface area (Å²) in [6.07, 6.45) is 5.81. The quantitative estimate of drug-likeness (QED) is 0.345. The number of nitrogen functional groups attached to an aromatic ring is 1. The summed E-state index contributed by atoms with van der Waals surface area (Å²) in [5, 5.41) is 10.4. The molecule has 1 aromatic heterocycles. The van der Waals surface area contributed by atoms with Crippen LogP contribution in [0.5, 0.6) is 5.75 Å². The van der Waals surface area contributed by atoms with Gasteiger partial charge in [0.05, 0.1) is 22.4 Å². The smallest absolute Gasteiger partial charge is 0.295 e. The summed E-state index contributed by atoms with van der Waals surface area (Å²) >= 11 is 0.989. The highest BCUT2D eigenvalue weighted by Gasteiger charge is 2.33. The molecular weight excluding hydrogens is 424 g/mol. The highest BCUT2D eigenvalue weighted by molar-refractivity contribution is 7.89. The number of carbonyl (C=O) groups is 1. The van der Waals surface area contributed by atoms with Gasteiger partial charge in [0.1, 0.15) is 10.8 Å². The molecule has 0 atom stereocenters. The molecule has 30 heavy (non-hydrogen) atoms. The first-order chi connectivity index (χ1) is 14.3. The van der Waals surface area contributed by atoms with E-state index in [0.717, 1.165) is 16.9 Å². The second-order valence-corrected chi connectivity index (χ2v) is 9.00. The maximum atomic E-state index is 13.0. The minimum absolute atomic E-state index is 0.0304. The van der Waals surface area contributed by atoms with Gasteiger partial charge in [-0.25, -0.2) is 0 Å². The molecule has 1 heterocycles. The van der Waals surface area contributed by atoms with Gasteiger partial charge in [0.15, 0.2) is 0 Å². The van der Waals surface area contributed by atoms with Gasteiger partial charge in [0, 0.05) is 6.42 Å². The Balaban J connectivity index is 2.01. The number of rotatable bonds is 6. The Morgan fingerprint density at radius 1 is 1.20 bits per heavy atom. The van der Waals surface area contributed by atoms with Crippen molar-refractivity contribution in [3.8, 4) is 18.1 Å². The monoisotopic (exact) mass is 442 g/mol. The van der Waals surface area contributed by atoms with E-state index in [-0.39, 0.29) is 26.3 Å². The number of sulfonamides is 1. The molecule has 7 nitrogen and oxygen atoms in total. The average Bonchev–Trinajstić information content (AvgIpc) is 3.08. The standard InChI is InChI=1S/C21H18N2O5S2/c1-3-18-17(13-14-7-5-4-6-8-14)19(20(22)29-18)21(24)23(25)30(26,27)16-11-9-15(28-2)10-12-16/h1,4-12,25H,13,22H2,2H3. The van der Waals surface area contributed by atoms with E-state index in [1.165, 1.54) is 31.4 Å². The SMILES string of the molecule is C#Cc1sc(N)c(C(=O)N(O)S(=O)(=O)c2ccc(OC)cc2)c1Cc1ccccc1. The molecule has 154 valence electrons. The lowest BCUT2D eigenvalue weighted by molar-refractivity contribution is 0.00795. The normalized spacial score (nSPS) is 11.0. The molecular formula is C21H18N2O5S2. The minimum Gasteiger partial charge on any atom is -0.497 e. The fourth-order valence-electron chi connectivity index (χ4n) is 2.86. The Labute approximate surface area is 178 Å². The number of terminal acetylenes is 1. The van der Waals surface area contributed by atoms with Gasteiger partial charge in [-0.05, 0) is 35.4 Å². The molecule has 1 amide bonds. The summed E-state index contributed by atoms with van der Waals surface area (Å²) in [5.41, 5.74) is 7.09. The summed E-state index contributed by atoms with van der Waals surface area (Å²) in [6.45, 7) is 0. The van der Waals surface area contributed by atoms with Gasteiger partial charge in [-0.2, -0.15) is 8.42 Å². The van der Waals surface area contributed by atoms with Crippen molar-refractivity contribution >= 4 is 32.3 Å². The molecule has 0 unspecified atom stereocenters. The zero-order chi connectivity index (χ0) is 21.9. The fraction of sp³-hybridized carbons (Fsp3) is 0.0952. The molecule has 3 N–H and O–H groups in total. The average molecular weight is 443 g/mol. The highest BCUT2D eigenvalue weighted by atomic mass is 32.2. The van der Waals surface area contributed by atoms with Crippen molar-refractivity contribution in [3.05, 3.63) is 76.2 Å². The first kappa shape index (κ1) is 21.4. The van der Waals surface area contributed by atoms with Gasteiger partial charge >= 0.3 is 0 Å². The second kappa shape index (κ2) is 8.59. The van der Waals surface area contributed by atoms with Crippen LogP contribution in [0.3, 0.4) is 0 Å². The Hall–Kier alpha value is -3.32. The largest absolute Gasteiger partial charge is 0.497 e. The van der Waals surface area contributed by atoms with Crippen LogP contribution in [0.4, 0.5) is 5.00 Å². The van der Waals surface area contributed by atoms with E-state index in [0.29, 0.717) is 16.2 Å². The van der Waals surface area contributed by atoms with Gasteiger partial charge in [0.2, 0.25) is 0 Å². The number of anilines is 1. The van der Waals surface area contributed by atoms with Crippen molar-refractivity contribution in [2.75, 3.05) is 12.8 Å². The molecule has 9 heteroatoms. The van der Waals surface area contributed by atoms with Crippen molar-refractivity contribution < 1.29 is 23.2 Å². The van der Waals surface area contributed by atoms with E-state index >= 15 is 0 Å². The summed E-state index contributed by atoms with van der Waals surface area (Å²) < 4.78 is 30.2. The zero-order valence-corrected chi connectivity index (χ0v) is 17.5. The minimum atomic E-state index is -4.53. The van der Waals surface area contributed by atoms with Crippen molar-refractivity contribution in [2.24, 2.45) is 0 Å². The van der Waals surface area contributed by atoms with Gasteiger partial charge in [0.25, 0.3) is 15.9 Å². The maximum Gasteiger partial charge on any atom is 0.295 e. The van der Waals surface area contributed by atoms with E-state index in [4.69, 9.17) is 16.9 Å². The van der Waals surface area contributed by atoms with Crippen molar-refractivity contribution in [1.82, 2.24) is 4.47 Å². The Bertz CT molecular complexity index is 1210. The predicted octanol–water partition coefficient (Wildman–Crippen LogP) is 3.13. The van der Waals surface area contributed by atoms with Gasteiger partial charge < -0.3 is 10.5 Å². The maximum absolute atomic E-state index is 13.0. The first-order valence-electron chi connectivity index (χ1n) is 8.63. The van der Waals surface area contributed by atoms with E-state index in [1.807, 2.05) is 30.3 Å². The van der Waals surface area contributed by atoms with Crippen molar-refractivity contribution in [1.29, 1.82) is 0 Å². The topological polar surface area (TPSA) is 110 Å². The van der Waals surface area contributed by atoms with Crippen LogP contribution in [0.25, 0.3) is 0 Å². The number of nitrogens with two attached hydrogens (primary N) is 1. The molecule has 0 spiro atoms. The van der Waals surface area contributed by atoms with E-state index in [1.54, 1.807) is 0 Å².